The number of carbonyl (C=O) groups is 1. The molecule has 150 valence electrons. The van der Waals surface area contributed by atoms with Gasteiger partial charge in [0.15, 0.2) is 5.82 Å². The fourth-order valence-corrected chi connectivity index (χ4v) is 3.91. The van der Waals surface area contributed by atoms with E-state index in [-0.39, 0.29) is 17.7 Å². The lowest BCUT2D eigenvalue weighted by Gasteiger charge is -2.19. The minimum absolute atomic E-state index is 0.151. The van der Waals surface area contributed by atoms with E-state index in [4.69, 9.17) is 8.83 Å². The highest BCUT2D eigenvalue weighted by Crippen LogP contribution is 2.34. The summed E-state index contributed by atoms with van der Waals surface area (Å²) in [5.41, 5.74) is 1.65. The highest BCUT2D eigenvalue weighted by Gasteiger charge is 2.35. The number of thioether (sulfide) groups is 1. The lowest BCUT2D eigenvalue weighted by Crippen LogP contribution is -2.28. The van der Waals surface area contributed by atoms with Crippen LogP contribution < -0.4 is 0 Å². The van der Waals surface area contributed by atoms with Crippen LogP contribution in [0.5, 0.6) is 0 Å². The predicted molar refractivity (Wildman–Crippen MR) is 111 cm³/mol. The van der Waals surface area contributed by atoms with Crippen molar-refractivity contribution >= 4 is 23.4 Å². The Balaban J connectivity index is 1.31. The first kappa shape index (κ1) is 18.4. The molecule has 1 unspecified atom stereocenters. The van der Waals surface area contributed by atoms with Gasteiger partial charge in [0.2, 0.25) is 5.16 Å². The quantitative estimate of drug-likeness (QED) is 0.472. The van der Waals surface area contributed by atoms with Crippen LogP contribution >= 0.6 is 11.8 Å². The second-order valence-corrected chi connectivity index (χ2v) is 7.56. The van der Waals surface area contributed by atoms with Gasteiger partial charge in [0.05, 0.1) is 18.3 Å². The number of carbonyl (C=O) groups excluding carboxylic acids is 1. The predicted octanol–water partition coefficient (Wildman–Crippen LogP) is 4.13. The molecule has 5 rings (SSSR count). The number of H-pyrrole nitrogens is 1. The van der Waals surface area contributed by atoms with Gasteiger partial charge in [-0.2, -0.15) is 5.10 Å². The van der Waals surface area contributed by atoms with E-state index in [1.165, 1.54) is 16.8 Å². The molecular formula is C21H17N5O3S. The molecule has 0 spiro atoms. The zero-order valence-corrected chi connectivity index (χ0v) is 16.6. The third-order valence-corrected chi connectivity index (χ3v) is 5.51. The summed E-state index contributed by atoms with van der Waals surface area (Å²) in [6.07, 6.45) is 3.71. The molecule has 9 heteroatoms. The van der Waals surface area contributed by atoms with E-state index >= 15 is 0 Å². The maximum Gasteiger partial charge on any atom is 0.253 e. The number of hydrogen-bond acceptors (Lipinski definition) is 7. The smallest absolute Gasteiger partial charge is 0.253 e. The van der Waals surface area contributed by atoms with Crippen molar-refractivity contribution in [2.75, 3.05) is 5.75 Å². The number of hydrogen-bond donors (Lipinski definition) is 1. The Kier molecular flexibility index (Phi) is 4.94. The Hall–Kier alpha value is -3.59. The van der Waals surface area contributed by atoms with E-state index in [0.717, 1.165) is 5.56 Å². The van der Waals surface area contributed by atoms with Crippen molar-refractivity contribution in [1.82, 2.24) is 20.2 Å². The molecule has 0 saturated heterocycles. The molecule has 1 atom stereocenters. The summed E-state index contributed by atoms with van der Waals surface area (Å²) in [5.74, 6) is 1.99. The van der Waals surface area contributed by atoms with Gasteiger partial charge in [-0.15, -0.1) is 5.10 Å². The minimum atomic E-state index is -0.305. The monoisotopic (exact) mass is 419 g/mol. The van der Waals surface area contributed by atoms with E-state index in [1.54, 1.807) is 24.7 Å². The maximum atomic E-state index is 13.0. The molecule has 0 radical (unpaired) electrons. The summed E-state index contributed by atoms with van der Waals surface area (Å²) in [7, 11) is 0. The number of aromatic nitrogens is 3. The van der Waals surface area contributed by atoms with Crippen LogP contribution in [0.25, 0.3) is 11.4 Å². The van der Waals surface area contributed by atoms with Crippen molar-refractivity contribution in [3.63, 3.8) is 0 Å². The minimum Gasteiger partial charge on any atom is -0.467 e. The van der Waals surface area contributed by atoms with E-state index in [9.17, 15) is 4.79 Å². The second-order valence-electron chi connectivity index (χ2n) is 6.62. The van der Waals surface area contributed by atoms with E-state index < -0.39 is 0 Å². The first-order valence-corrected chi connectivity index (χ1v) is 10.3. The van der Waals surface area contributed by atoms with E-state index in [1.807, 2.05) is 42.5 Å². The van der Waals surface area contributed by atoms with Crippen molar-refractivity contribution in [1.29, 1.82) is 0 Å². The average Bonchev–Trinajstić information content (AvgIpc) is 3.57. The van der Waals surface area contributed by atoms with Crippen molar-refractivity contribution < 1.29 is 13.6 Å². The van der Waals surface area contributed by atoms with Gasteiger partial charge in [0.25, 0.3) is 5.91 Å². The van der Waals surface area contributed by atoms with Gasteiger partial charge in [-0.25, -0.2) is 9.99 Å². The van der Waals surface area contributed by atoms with Crippen molar-refractivity contribution in [3.8, 4) is 11.4 Å². The van der Waals surface area contributed by atoms with Crippen LogP contribution in [0.1, 0.15) is 24.0 Å². The van der Waals surface area contributed by atoms with Crippen LogP contribution in [0.2, 0.25) is 0 Å². The standard InChI is InChI=1S/C21H17N5O3S/c27-19(13-30-21-22-20(23-24-21)14-6-2-1-3-7-14)26-16(18-9-5-11-29-18)12-15(25-26)17-8-4-10-28-17/h1-11,16H,12-13H2,(H,22,23,24). The van der Waals surface area contributed by atoms with Crippen molar-refractivity contribution in [2.24, 2.45) is 5.10 Å². The number of nitrogens with one attached hydrogen (secondary N) is 1. The zero-order chi connectivity index (χ0) is 20.3. The highest BCUT2D eigenvalue weighted by molar-refractivity contribution is 7.99. The molecule has 8 nitrogen and oxygen atoms in total. The fraction of sp³-hybridized carbons (Fsp3) is 0.143. The van der Waals surface area contributed by atoms with Crippen LogP contribution in [-0.4, -0.2) is 37.6 Å². The first-order chi connectivity index (χ1) is 14.8. The van der Waals surface area contributed by atoms with Gasteiger partial charge in [-0.3, -0.25) is 9.89 Å². The number of hydrazone groups is 1. The summed E-state index contributed by atoms with van der Waals surface area (Å²) in [5, 5.41) is 13.6. The summed E-state index contributed by atoms with van der Waals surface area (Å²) >= 11 is 1.26. The zero-order valence-electron chi connectivity index (χ0n) is 15.8. The summed E-state index contributed by atoms with van der Waals surface area (Å²) in [4.78, 5) is 17.4. The van der Waals surface area contributed by atoms with Gasteiger partial charge >= 0.3 is 0 Å². The van der Waals surface area contributed by atoms with E-state index in [2.05, 4.69) is 20.3 Å². The largest absolute Gasteiger partial charge is 0.467 e. The Morgan fingerprint density at radius 2 is 1.93 bits per heavy atom. The number of benzene rings is 1. The Morgan fingerprint density at radius 1 is 1.10 bits per heavy atom. The molecule has 4 aromatic rings. The lowest BCUT2D eigenvalue weighted by atomic mass is 10.1. The number of amides is 1. The Labute approximate surface area is 176 Å². The summed E-state index contributed by atoms with van der Waals surface area (Å²) in [6.45, 7) is 0. The third-order valence-electron chi connectivity index (χ3n) is 4.68. The molecule has 3 aromatic heterocycles. The topological polar surface area (TPSA) is 101 Å². The molecule has 1 aliphatic rings. The van der Waals surface area contributed by atoms with Gasteiger partial charge < -0.3 is 8.83 Å². The lowest BCUT2D eigenvalue weighted by molar-refractivity contribution is -0.130. The van der Waals surface area contributed by atoms with Crippen LogP contribution in [-0.2, 0) is 4.79 Å². The summed E-state index contributed by atoms with van der Waals surface area (Å²) < 4.78 is 11.0. The van der Waals surface area contributed by atoms with Crippen LogP contribution in [0.15, 0.2) is 86.2 Å². The van der Waals surface area contributed by atoms with Crippen LogP contribution in [0, 0.1) is 0 Å². The molecule has 1 aliphatic heterocycles. The first-order valence-electron chi connectivity index (χ1n) is 9.35. The Bertz CT molecular complexity index is 1150. The molecule has 1 aromatic carbocycles. The molecule has 4 heterocycles. The molecule has 0 saturated carbocycles. The number of furan rings is 2. The van der Waals surface area contributed by atoms with Crippen molar-refractivity contribution in [2.45, 2.75) is 17.6 Å². The third kappa shape index (κ3) is 3.67. The molecule has 0 fully saturated rings. The summed E-state index contributed by atoms with van der Waals surface area (Å²) in [6, 6.07) is 16.7. The normalized spacial score (nSPS) is 16.1. The van der Waals surface area contributed by atoms with Gasteiger partial charge in [-0.1, -0.05) is 42.1 Å². The molecule has 0 aliphatic carbocycles. The number of nitrogens with zero attached hydrogens (tertiary/aromatic N) is 4. The van der Waals surface area contributed by atoms with Crippen LogP contribution in [0.3, 0.4) is 0 Å². The van der Waals surface area contributed by atoms with Crippen LogP contribution in [0.4, 0.5) is 0 Å². The van der Waals surface area contributed by atoms with E-state index in [0.29, 0.717) is 34.6 Å². The Morgan fingerprint density at radius 3 is 2.70 bits per heavy atom. The van der Waals surface area contributed by atoms with Crippen molar-refractivity contribution in [3.05, 3.63) is 78.6 Å². The number of aromatic amines is 1. The molecule has 0 bridgehead atoms. The highest BCUT2D eigenvalue weighted by atomic mass is 32.2. The maximum absolute atomic E-state index is 13.0. The van der Waals surface area contributed by atoms with Gasteiger partial charge in [0.1, 0.15) is 23.3 Å². The van der Waals surface area contributed by atoms with Gasteiger partial charge in [0, 0.05) is 12.0 Å². The van der Waals surface area contributed by atoms with Gasteiger partial charge in [-0.05, 0) is 24.3 Å². The average molecular weight is 419 g/mol. The molecule has 30 heavy (non-hydrogen) atoms. The molecular weight excluding hydrogens is 402 g/mol. The SMILES string of the molecule is O=C(CSc1n[nH]c(-c2ccccc2)n1)N1N=C(c2ccco2)CC1c1ccco1. The second kappa shape index (κ2) is 8.03. The molecule has 1 amide bonds. The fourth-order valence-electron chi connectivity index (χ4n) is 3.26. The molecule has 1 N–H and O–H groups in total. The number of rotatable bonds is 6.